The van der Waals surface area contributed by atoms with Crippen LogP contribution in [0.4, 0.5) is 5.69 Å². The molecule has 0 amide bonds. The van der Waals surface area contributed by atoms with Crippen molar-refractivity contribution in [2.45, 2.75) is 58.4 Å². The minimum Gasteiger partial charge on any atom is -0.382 e. The van der Waals surface area contributed by atoms with Crippen LogP contribution in [0.5, 0.6) is 0 Å². The first kappa shape index (κ1) is 22.1. The van der Waals surface area contributed by atoms with Crippen LogP contribution in [-0.2, 0) is 0 Å². The average Bonchev–Trinajstić information content (AvgIpc) is 3.08. The van der Waals surface area contributed by atoms with Crippen LogP contribution in [0.3, 0.4) is 0 Å². The Labute approximate surface area is 193 Å². The molecule has 3 aromatic carbocycles. The van der Waals surface area contributed by atoms with Gasteiger partial charge in [0.1, 0.15) is 0 Å². The minimum atomic E-state index is 0.633. The van der Waals surface area contributed by atoms with Gasteiger partial charge in [0.2, 0.25) is 0 Å². The molecule has 32 heavy (non-hydrogen) atoms. The lowest BCUT2D eigenvalue weighted by Crippen LogP contribution is -2.17. The van der Waals surface area contributed by atoms with Crippen LogP contribution < -0.4 is 5.32 Å². The molecule has 1 N–H and O–H groups in total. The molecule has 0 atom stereocenters. The molecule has 0 heterocycles. The molecule has 4 rings (SSSR count). The van der Waals surface area contributed by atoms with E-state index in [1.807, 2.05) is 0 Å². The van der Waals surface area contributed by atoms with E-state index in [0.29, 0.717) is 6.04 Å². The molecule has 1 nitrogen and oxygen atoms in total. The molecule has 0 spiro atoms. The molecular formula is C31H35N. The van der Waals surface area contributed by atoms with E-state index in [0.717, 1.165) is 0 Å². The lowest BCUT2D eigenvalue weighted by atomic mass is 9.96. The number of aryl methyl sites for hydroxylation is 2. The quantitative estimate of drug-likeness (QED) is 0.310. The minimum absolute atomic E-state index is 0.633. The molecule has 1 fully saturated rings. The summed E-state index contributed by atoms with van der Waals surface area (Å²) in [6.07, 6.45) is 14.7. The summed E-state index contributed by atoms with van der Waals surface area (Å²) in [4.78, 5) is 0. The third kappa shape index (κ3) is 6.23. The first-order valence-electron chi connectivity index (χ1n) is 12.1. The van der Waals surface area contributed by atoms with Gasteiger partial charge in [-0.25, -0.2) is 0 Å². The Hall–Kier alpha value is -3.06. The van der Waals surface area contributed by atoms with Crippen LogP contribution in [0.1, 0.15) is 66.3 Å². The molecule has 0 radical (unpaired) electrons. The van der Waals surface area contributed by atoms with Crippen LogP contribution in [0.15, 0.2) is 84.9 Å². The molecule has 1 saturated carbocycles. The van der Waals surface area contributed by atoms with E-state index in [1.165, 1.54) is 77.6 Å². The van der Waals surface area contributed by atoms with Crippen molar-refractivity contribution in [3.63, 3.8) is 0 Å². The summed E-state index contributed by atoms with van der Waals surface area (Å²) in [5.41, 5.74) is 8.76. The van der Waals surface area contributed by atoms with E-state index in [9.17, 15) is 0 Å². The van der Waals surface area contributed by atoms with E-state index in [1.54, 1.807) is 0 Å². The second kappa shape index (κ2) is 11.0. The van der Waals surface area contributed by atoms with Gasteiger partial charge < -0.3 is 5.32 Å². The van der Waals surface area contributed by atoms with Gasteiger partial charge in [0.15, 0.2) is 0 Å². The fraction of sp³-hybridized carbons (Fsp3) is 0.290. The molecule has 1 aliphatic rings. The van der Waals surface area contributed by atoms with Crippen molar-refractivity contribution >= 4 is 17.3 Å². The van der Waals surface area contributed by atoms with Crippen molar-refractivity contribution in [1.82, 2.24) is 0 Å². The lowest BCUT2D eigenvalue weighted by molar-refractivity contribution is 0.620. The molecule has 3 aromatic rings. The number of hydrogen-bond acceptors (Lipinski definition) is 1. The van der Waals surface area contributed by atoms with Crippen molar-refractivity contribution in [2.24, 2.45) is 0 Å². The highest BCUT2D eigenvalue weighted by Gasteiger charge is 2.11. The van der Waals surface area contributed by atoms with Gasteiger partial charge in [-0.05, 0) is 61.1 Å². The topological polar surface area (TPSA) is 12.0 Å². The molecule has 0 unspecified atom stereocenters. The normalized spacial score (nSPS) is 14.8. The first-order valence-corrected chi connectivity index (χ1v) is 12.1. The highest BCUT2D eigenvalue weighted by Crippen LogP contribution is 2.25. The fourth-order valence-corrected chi connectivity index (χ4v) is 4.43. The maximum absolute atomic E-state index is 3.74. The fourth-order valence-electron chi connectivity index (χ4n) is 4.43. The largest absolute Gasteiger partial charge is 0.382 e. The third-order valence-electron chi connectivity index (χ3n) is 6.41. The standard InChI is InChI=1S/C31H35N/c1-24-12-18-27(19-13-24)31(28-20-14-25(2)15-21-28)11-7-8-26-16-22-30(23-17-26)32-29-9-5-3-4-6-10-29/h7-8,11-23,29,32H,3-6,9-10H2,1-2H3/b8-7+. The molecule has 0 aliphatic heterocycles. The Morgan fingerprint density at radius 1 is 0.688 bits per heavy atom. The predicted octanol–water partition coefficient (Wildman–Crippen LogP) is 8.58. The SMILES string of the molecule is Cc1ccc(C(=C/C=C/c2ccc(NC3CCCCCC3)cc2)c2ccc(C)cc2)cc1. The summed E-state index contributed by atoms with van der Waals surface area (Å²) in [5, 5.41) is 3.74. The van der Waals surface area contributed by atoms with Crippen LogP contribution >= 0.6 is 0 Å². The number of allylic oxidation sites excluding steroid dienone is 2. The molecule has 0 aromatic heterocycles. The number of nitrogens with one attached hydrogen (secondary N) is 1. The maximum atomic E-state index is 3.74. The highest BCUT2D eigenvalue weighted by atomic mass is 14.9. The molecule has 0 saturated heterocycles. The monoisotopic (exact) mass is 421 g/mol. The number of rotatable bonds is 6. The Kier molecular flexibility index (Phi) is 7.61. The highest BCUT2D eigenvalue weighted by molar-refractivity contribution is 5.81. The van der Waals surface area contributed by atoms with Gasteiger partial charge in [-0.15, -0.1) is 0 Å². The van der Waals surface area contributed by atoms with Gasteiger partial charge in [-0.3, -0.25) is 0 Å². The summed E-state index contributed by atoms with van der Waals surface area (Å²) < 4.78 is 0. The summed E-state index contributed by atoms with van der Waals surface area (Å²) in [5.74, 6) is 0. The van der Waals surface area contributed by atoms with Crippen LogP contribution in [0.25, 0.3) is 11.6 Å². The van der Waals surface area contributed by atoms with Crippen LogP contribution in [0.2, 0.25) is 0 Å². The number of anilines is 1. The van der Waals surface area contributed by atoms with Gasteiger partial charge in [-0.1, -0.05) is 116 Å². The molecule has 0 bridgehead atoms. The predicted molar refractivity (Wildman–Crippen MR) is 140 cm³/mol. The summed E-state index contributed by atoms with van der Waals surface area (Å²) in [6.45, 7) is 4.26. The van der Waals surface area contributed by atoms with E-state index >= 15 is 0 Å². The van der Waals surface area contributed by atoms with E-state index < -0.39 is 0 Å². The summed E-state index contributed by atoms with van der Waals surface area (Å²) >= 11 is 0. The Bertz CT molecular complexity index is 982. The van der Waals surface area contributed by atoms with Gasteiger partial charge in [0.05, 0.1) is 0 Å². The second-order valence-electron chi connectivity index (χ2n) is 9.13. The average molecular weight is 422 g/mol. The Morgan fingerprint density at radius 2 is 1.22 bits per heavy atom. The zero-order valence-corrected chi connectivity index (χ0v) is 19.5. The zero-order valence-electron chi connectivity index (χ0n) is 19.5. The molecule has 164 valence electrons. The number of benzene rings is 3. The lowest BCUT2D eigenvalue weighted by Gasteiger charge is -2.17. The smallest absolute Gasteiger partial charge is 0.0342 e. The number of hydrogen-bond donors (Lipinski definition) is 1. The second-order valence-corrected chi connectivity index (χ2v) is 9.13. The van der Waals surface area contributed by atoms with Crippen LogP contribution in [-0.4, -0.2) is 6.04 Å². The zero-order chi connectivity index (χ0) is 22.2. The van der Waals surface area contributed by atoms with Crippen molar-refractivity contribution in [1.29, 1.82) is 0 Å². The maximum Gasteiger partial charge on any atom is 0.0342 e. The van der Waals surface area contributed by atoms with Gasteiger partial charge >= 0.3 is 0 Å². The van der Waals surface area contributed by atoms with Crippen LogP contribution in [0, 0.1) is 13.8 Å². The molecule has 1 heteroatoms. The van der Waals surface area contributed by atoms with Gasteiger partial charge in [0, 0.05) is 11.7 Å². The van der Waals surface area contributed by atoms with Crippen molar-refractivity contribution in [2.75, 3.05) is 5.32 Å². The van der Waals surface area contributed by atoms with Crippen molar-refractivity contribution in [3.05, 3.63) is 113 Å². The van der Waals surface area contributed by atoms with Crippen molar-refractivity contribution < 1.29 is 0 Å². The summed E-state index contributed by atoms with van der Waals surface area (Å²) in [6, 6.07) is 27.1. The molecule has 1 aliphatic carbocycles. The van der Waals surface area contributed by atoms with E-state index in [4.69, 9.17) is 0 Å². The Balaban J connectivity index is 1.49. The van der Waals surface area contributed by atoms with Gasteiger partial charge in [-0.2, -0.15) is 0 Å². The van der Waals surface area contributed by atoms with Gasteiger partial charge in [0.25, 0.3) is 0 Å². The van der Waals surface area contributed by atoms with E-state index in [2.05, 4.69) is 110 Å². The Morgan fingerprint density at radius 3 is 1.75 bits per heavy atom. The first-order chi connectivity index (χ1) is 15.7. The third-order valence-corrected chi connectivity index (χ3v) is 6.41. The van der Waals surface area contributed by atoms with Crippen molar-refractivity contribution in [3.8, 4) is 0 Å². The van der Waals surface area contributed by atoms with E-state index in [-0.39, 0.29) is 0 Å². The summed E-state index contributed by atoms with van der Waals surface area (Å²) in [7, 11) is 0. The molecular weight excluding hydrogens is 386 g/mol.